The van der Waals surface area contributed by atoms with Crippen molar-refractivity contribution in [2.75, 3.05) is 25.0 Å². The number of aryl methyl sites for hydroxylation is 1. The van der Waals surface area contributed by atoms with Crippen LogP contribution >= 0.6 is 0 Å². The fourth-order valence-corrected chi connectivity index (χ4v) is 2.42. The highest BCUT2D eigenvalue weighted by atomic mass is 16.1. The van der Waals surface area contributed by atoms with Crippen molar-refractivity contribution in [3.8, 4) is 0 Å². The number of nitrogens with one attached hydrogen (secondary N) is 2. The van der Waals surface area contributed by atoms with E-state index in [2.05, 4.69) is 20.2 Å². The third-order valence-electron chi connectivity index (χ3n) is 3.57. The van der Waals surface area contributed by atoms with Crippen molar-refractivity contribution < 1.29 is 0 Å². The van der Waals surface area contributed by atoms with E-state index in [1.165, 1.54) is 6.42 Å². The van der Waals surface area contributed by atoms with E-state index >= 15 is 0 Å². The molecule has 1 saturated heterocycles. The fraction of sp³-hybridized carbons (Fsp3) is 0.692. The largest absolute Gasteiger partial charge is 0.356 e. The van der Waals surface area contributed by atoms with Gasteiger partial charge < -0.3 is 15.2 Å². The zero-order valence-corrected chi connectivity index (χ0v) is 11.2. The summed E-state index contributed by atoms with van der Waals surface area (Å²) < 4.78 is 0. The normalized spacial score (nSPS) is 20.4. The van der Waals surface area contributed by atoms with Crippen LogP contribution in [0.25, 0.3) is 0 Å². The van der Waals surface area contributed by atoms with E-state index < -0.39 is 0 Å². The molecule has 1 atom stereocenters. The Labute approximate surface area is 108 Å². The van der Waals surface area contributed by atoms with Gasteiger partial charge in [0, 0.05) is 25.6 Å². The van der Waals surface area contributed by atoms with Gasteiger partial charge in [0.25, 0.3) is 5.56 Å². The van der Waals surface area contributed by atoms with Crippen LogP contribution in [0.1, 0.15) is 32.0 Å². The van der Waals surface area contributed by atoms with Crippen LogP contribution in [-0.4, -0.2) is 36.1 Å². The Morgan fingerprint density at radius 2 is 2.28 bits per heavy atom. The second-order valence-corrected chi connectivity index (χ2v) is 4.85. The van der Waals surface area contributed by atoms with E-state index in [0.29, 0.717) is 6.04 Å². The maximum absolute atomic E-state index is 11.6. The molecule has 0 aliphatic carbocycles. The molecule has 18 heavy (non-hydrogen) atoms. The molecule has 0 radical (unpaired) electrons. The molecule has 0 saturated carbocycles. The van der Waals surface area contributed by atoms with E-state index in [0.717, 1.165) is 44.0 Å². The Balaban J connectivity index is 2.18. The van der Waals surface area contributed by atoms with Gasteiger partial charge in [-0.1, -0.05) is 6.92 Å². The molecule has 5 heteroatoms. The summed E-state index contributed by atoms with van der Waals surface area (Å²) in [5.41, 5.74) is -0.0598. The molecule has 2 N–H and O–H groups in total. The Bertz CT molecular complexity index is 435. The maximum atomic E-state index is 11.6. The molecule has 1 unspecified atom stereocenters. The summed E-state index contributed by atoms with van der Waals surface area (Å²) in [7, 11) is 2.04. The minimum Gasteiger partial charge on any atom is -0.356 e. The first-order valence-corrected chi connectivity index (χ1v) is 6.74. The Kier molecular flexibility index (Phi) is 4.36. The molecule has 1 aliphatic heterocycles. The van der Waals surface area contributed by atoms with E-state index in [1.54, 1.807) is 6.07 Å². The van der Waals surface area contributed by atoms with Crippen molar-refractivity contribution in [2.45, 2.75) is 38.6 Å². The van der Waals surface area contributed by atoms with Crippen molar-refractivity contribution in [3.63, 3.8) is 0 Å². The average Bonchev–Trinajstić information content (AvgIpc) is 2.65. The lowest BCUT2D eigenvalue weighted by atomic mass is 10.1. The number of aromatic amines is 1. The number of hydrogen-bond acceptors (Lipinski definition) is 4. The van der Waals surface area contributed by atoms with Crippen molar-refractivity contribution in [1.29, 1.82) is 0 Å². The number of rotatable bonds is 3. The average molecular weight is 250 g/mol. The number of hydrogen-bond donors (Lipinski definition) is 2. The zero-order chi connectivity index (χ0) is 13.0. The number of anilines is 1. The third kappa shape index (κ3) is 3.10. The highest BCUT2D eigenvalue weighted by Gasteiger charge is 2.18. The monoisotopic (exact) mass is 250 g/mol. The van der Waals surface area contributed by atoms with Crippen LogP contribution in [0, 0.1) is 0 Å². The summed E-state index contributed by atoms with van der Waals surface area (Å²) in [6.07, 6.45) is 4.19. The van der Waals surface area contributed by atoms with Crippen molar-refractivity contribution in [2.24, 2.45) is 0 Å². The van der Waals surface area contributed by atoms with Gasteiger partial charge in [0.15, 0.2) is 0 Å². The molecule has 0 amide bonds. The summed E-state index contributed by atoms with van der Waals surface area (Å²) in [5.74, 6) is 1.55. The minimum atomic E-state index is -0.0598. The van der Waals surface area contributed by atoms with E-state index in [4.69, 9.17) is 0 Å². The molecule has 0 aromatic carbocycles. The Morgan fingerprint density at radius 3 is 3.06 bits per heavy atom. The molecule has 0 spiro atoms. The van der Waals surface area contributed by atoms with Crippen molar-refractivity contribution in [1.82, 2.24) is 15.3 Å². The first kappa shape index (κ1) is 13.1. The molecule has 5 nitrogen and oxygen atoms in total. The number of nitrogens with zero attached hydrogens (tertiary/aromatic N) is 2. The predicted molar refractivity (Wildman–Crippen MR) is 73.1 cm³/mol. The summed E-state index contributed by atoms with van der Waals surface area (Å²) in [6, 6.07) is 2.07. The molecule has 1 aromatic heterocycles. The molecule has 1 fully saturated rings. The van der Waals surface area contributed by atoms with E-state index in [9.17, 15) is 4.79 Å². The minimum absolute atomic E-state index is 0.0598. The topological polar surface area (TPSA) is 61.0 Å². The van der Waals surface area contributed by atoms with Crippen LogP contribution in [0.4, 0.5) is 5.82 Å². The van der Waals surface area contributed by atoms with Gasteiger partial charge in [-0.05, 0) is 32.4 Å². The highest BCUT2D eigenvalue weighted by Crippen LogP contribution is 2.17. The SMILES string of the molecule is CCc1nc(N(C)C2CCCNCC2)cc(=O)[nH]1. The van der Waals surface area contributed by atoms with Gasteiger partial charge in [0.05, 0.1) is 0 Å². The Hall–Kier alpha value is -1.36. The highest BCUT2D eigenvalue weighted by molar-refractivity contribution is 5.37. The summed E-state index contributed by atoms with van der Waals surface area (Å²) in [4.78, 5) is 21.0. The predicted octanol–water partition coefficient (Wildman–Crippen LogP) is 0.911. The maximum Gasteiger partial charge on any atom is 0.252 e. The lowest BCUT2D eigenvalue weighted by Gasteiger charge is -2.28. The number of aromatic nitrogens is 2. The second-order valence-electron chi connectivity index (χ2n) is 4.85. The van der Waals surface area contributed by atoms with Crippen LogP contribution in [-0.2, 0) is 6.42 Å². The molecule has 2 rings (SSSR count). The Morgan fingerprint density at radius 1 is 1.44 bits per heavy atom. The van der Waals surface area contributed by atoms with E-state index in [-0.39, 0.29) is 5.56 Å². The van der Waals surface area contributed by atoms with Gasteiger partial charge in [-0.15, -0.1) is 0 Å². The van der Waals surface area contributed by atoms with Crippen LogP contribution in [0.15, 0.2) is 10.9 Å². The van der Waals surface area contributed by atoms with Gasteiger partial charge in [0.2, 0.25) is 0 Å². The second kappa shape index (κ2) is 6.00. The molecule has 0 bridgehead atoms. The van der Waals surface area contributed by atoms with Gasteiger partial charge in [-0.2, -0.15) is 0 Å². The standard InChI is InChI=1S/C13H22N4O/c1-3-11-15-12(9-13(18)16-11)17(2)10-5-4-7-14-8-6-10/h9-10,14H,3-8H2,1-2H3,(H,15,16,18). The summed E-state index contributed by atoms with van der Waals surface area (Å²) in [5, 5.41) is 3.40. The van der Waals surface area contributed by atoms with Crippen molar-refractivity contribution >= 4 is 5.82 Å². The lowest BCUT2D eigenvalue weighted by molar-refractivity contribution is 0.561. The smallest absolute Gasteiger partial charge is 0.252 e. The molecule has 1 aromatic rings. The van der Waals surface area contributed by atoms with Crippen LogP contribution in [0.2, 0.25) is 0 Å². The fourth-order valence-electron chi connectivity index (χ4n) is 2.42. The first-order chi connectivity index (χ1) is 8.70. The van der Waals surface area contributed by atoms with E-state index in [1.807, 2.05) is 14.0 Å². The lowest BCUT2D eigenvalue weighted by Crippen LogP contribution is -2.34. The summed E-state index contributed by atoms with van der Waals surface area (Å²) >= 11 is 0. The van der Waals surface area contributed by atoms with Crippen molar-refractivity contribution in [3.05, 3.63) is 22.2 Å². The van der Waals surface area contributed by atoms with Crippen LogP contribution in [0.5, 0.6) is 0 Å². The molecular weight excluding hydrogens is 228 g/mol. The third-order valence-corrected chi connectivity index (χ3v) is 3.57. The first-order valence-electron chi connectivity index (χ1n) is 6.74. The molecule has 2 heterocycles. The molecular formula is C13H22N4O. The molecule has 100 valence electrons. The summed E-state index contributed by atoms with van der Waals surface area (Å²) in [6.45, 7) is 4.13. The van der Waals surface area contributed by atoms with Gasteiger partial charge in [-0.25, -0.2) is 4.98 Å². The van der Waals surface area contributed by atoms with Crippen LogP contribution in [0.3, 0.4) is 0 Å². The quantitative estimate of drug-likeness (QED) is 0.837. The molecule has 1 aliphatic rings. The number of H-pyrrole nitrogens is 1. The van der Waals surface area contributed by atoms with Gasteiger partial charge >= 0.3 is 0 Å². The van der Waals surface area contributed by atoms with Gasteiger partial charge in [-0.3, -0.25) is 4.79 Å². The van der Waals surface area contributed by atoms with Gasteiger partial charge in [0.1, 0.15) is 11.6 Å². The zero-order valence-electron chi connectivity index (χ0n) is 11.2. The van der Waals surface area contributed by atoms with Crippen LogP contribution < -0.4 is 15.8 Å².